The number of rotatable bonds is 7. The summed E-state index contributed by atoms with van der Waals surface area (Å²) in [7, 11) is 0. The molecule has 5 heteroatoms. The highest BCUT2D eigenvalue weighted by Crippen LogP contribution is 2.19. The van der Waals surface area contributed by atoms with Gasteiger partial charge < -0.3 is 19.5 Å². The number of carbonyl (C=O) groups excluding carboxylic acids is 1. The number of esters is 1. The summed E-state index contributed by atoms with van der Waals surface area (Å²) in [6, 6.07) is 7.80. The van der Waals surface area contributed by atoms with Crippen LogP contribution in [0.15, 0.2) is 24.3 Å². The molecule has 2 rings (SSSR count). The molecule has 0 aromatic heterocycles. The third kappa shape index (κ3) is 5.84. The first-order chi connectivity index (χ1) is 11.1. The van der Waals surface area contributed by atoms with Crippen LogP contribution in [0.4, 0.5) is 0 Å². The number of benzene rings is 1. The van der Waals surface area contributed by atoms with Crippen LogP contribution in [-0.2, 0) is 9.53 Å². The number of hydrogen-bond donors (Lipinski definition) is 1. The van der Waals surface area contributed by atoms with Gasteiger partial charge in [-0.3, -0.25) is 4.79 Å². The molecule has 0 saturated carbocycles. The van der Waals surface area contributed by atoms with Crippen LogP contribution in [0.25, 0.3) is 0 Å². The van der Waals surface area contributed by atoms with Crippen LogP contribution in [0.2, 0.25) is 0 Å². The molecule has 0 spiro atoms. The van der Waals surface area contributed by atoms with Gasteiger partial charge in [-0.25, -0.2) is 0 Å². The van der Waals surface area contributed by atoms with E-state index in [0.717, 1.165) is 37.2 Å². The summed E-state index contributed by atoms with van der Waals surface area (Å²) in [6.45, 7) is 6.75. The van der Waals surface area contributed by atoms with Crippen molar-refractivity contribution < 1.29 is 19.4 Å². The minimum atomic E-state index is -0.533. The first-order valence-corrected chi connectivity index (χ1v) is 8.35. The summed E-state index contributed by atoms with van der Waals surface area (Å²) in [6.07, 6.45) is 1.06. The molecule has 1 aromatic rings. The fourth-order valence-electron chi connectivity index (χ4n) is 2.86. The van der Waals surface area contributed by atoms with Crippen molar-refractivity contribution in [2.75, 3.05) is 32.8 Å². The molecular weight excluding hydrogens is 294 g/mol. The Bertz CT molecular complexity index is 498. The van der Waals surface area contributed by atoms with E-state index in [1.807, 2.05) is 38.1 Å². The van der Waals surface area contributed by atoms with Gasteiger partial charge >= 0.3 is 5.97 Å². The van der Waals surface area contributed by atoms with E-state index in [1.54, 1.807) is 0 Å². The lowest BCUT2D eigenvalue weighted by atomic mass is 9.97. The van der Waals surface area contributed by atoms with Gasteiger partial charge in [0.2, 0.25) is 0 Å². The molecule has 1 N–H and O–H groups in total. The summed E-state index contributed by atoms with van der Waals surface area (Å²) in [5, 5.41) is 10.1. The Labute approximate surface area is 138 Å². The summed E-state index contributed by atoms with van der Waals surface area (Å²) < 4.78 is 10.7. The fourth-order valence-corrected chi connectivity index (χ4v) is 2.86. The number of aryl methyl sites for hydroxylation is 1. The first-order valence-electron chi connectivity index (χ1n) is 8.35. The Morgan fingerprint density at radius 1 is 1.39 bits per heavy atom. The quantitative estimate of drug-likeness (QED) is 0.779. The molecular formula is C18H27NO4. The second kappa shape index (κ2) is 8.89. The summed E-state index contributed by atoms with van der Waals surface area (Å²) in [5.74, 6) is 0.701. The number of aliphatic hydroxyl groups is 1. The van der Waals surface area contributed by atoms with E-state index < -0.39 is 6.10 Å². The number of aliphatic hydroxyl groups excluding tert-OH is 1. The monoisotopic (exact) mass is 321 g/mol. The van der Waals surface area contributed by atoms with Gasteiger partial charge in [-0.15, -0.1) is 0 Å². The van der Waals surface area contributed by atoms with Crippen LogP contribution in [0.3, 0.4) is 0 Å². The number of carbonyl (C=O) groups is 1. The van der Waals surface area contributed by atoms with E-state index in [0.29, 0.717) is 13.2 Å². The molecule has 0 unspecified atom stereocenters. The predicted molar refractivity (Wildman–Crippen MR) is 88.5 cm³/mol. The van der Waals surface area contributed by atoms with E-state index in [2.05, 4.69) is 4.90 Å². The molecule has 0 radical (unpaired) electrons. The van der Waals surface area contributed by atoms with Crippen LogP contribution in [0.1, 0.15) is 25.3 Å². The van der Waals surface area contributed by atoms with Gasteiger partial charge in [-0.05, 0) is 57.5 Å². The van der Waals surface area contributed by atoms with Gasteiger partial charge in [0, 0.05) is 6.54 Å². The van der Waals surface area contributed by atoms with Crippen molar-refractivity contribution in [3.8, 4) is 5.75 Å². The van der Waals surface area contributed by atoms with E-state index >= 15 is 0 Å². The summed E-state index contributed by atoms with van der Waals surface area (Å²) in [4.78, 5) is 13.9. The van der Waals surface area contributed by atoms with Crippen LogP contribution < -0.4 is 4.74 Å². The SMILES string of the molecule is CCOC(=O)C1CCN(C[C@@H](O)COc2cccc(C)c2)CC1. The lowest BCUT2D eigenvalue weighted by Crippen LogP contribution is -2.42. The largest absolute Gasteiger partial charge is 0.491 e. The topological polar surface area (TPSA) is 59.0 Å². The lowest BCUT2D eigenvalue weighted by molar-refractivity contribution is -0.149. The molecule has 1 saturated heterocycles. The second-order valence-corrected chi connectivity index (χ2v) is 6.11. The van der Waals surface area contributed by atoms with Crippen LogP contribution in [-0.4, -0.2) is 54.9 Å². The highest BCUT2D eigenvalue weighted by Gasteiger charge is 2.26. The number of ether oxygens (including phenoxy) is 2. The molecule has 0 amide bonds. The molecule has 1 atom stereocenters. The fraction of sp³-hybridized carbons (Fsp3) is 0.611. The Morgan fingerprint density at radius 3 is 2.78 bits per heavy atom. The number of likely N-dealkylation sites (tertiary alicyclic amines) is 1. The molecule has 23 heavy (non-hydrogen) atoms. The van der Waals surface area contributed by atoms with Crippen molar-refractivity contribution in [2.45, 2.75) is 32.8 Å². The molecule has 128 valence electrons. The Kier molecular flexibility index (Phi) is 6.86. The highest BCUT2D eigenvalue weighted by molar-refractivity contribution is 5.72. The molecule has 1 fully saturated rings. The van der Waals surface area contributed by atoms with Crippen LogP contribution in [0, 0.1) is 12.8 Å². The average Bonchev–Trinajstić information content (AvgIpc) is 2.54. The molecule has 1 aromatic carbocycles. The normalized spacial score (nSPS) is 17.7. The van der Waals surface area contributed by atoms with Gasteiger partial charge in [0.05, 0.1) is 12.5 Å². The molecule has 1 aliphatic heterocycles. The van der Waals surface area contributed by atoms with E-state index in [1.165, 1.54) is 0 Å². The van der Waals surface area contributed by atoms with Crippen molar-refractivity contribution in [3.05, 3.63) is 29.8 Å². The molecule has 1 aliphatic rings. The highest BCUT2D eigenvalue weighted by atomic mass is 16.5. The van der Waals surface area contributed by atoms with E-state index in [-0.39, 0.29) is 18.5 Å². The molecule has 0 bridgehead atoms. The van der Waals surface area contributed by atoms with Crippen LogP contribution in [0.5, 0.6) is 5.75 Å². The van der Waals surface area contributed by atoms with E-state index in [4.69, 9.17) is 9.47 Å². The minimum absolute atomic E-state index is 0.00638. The molecule has 1 heterocycles. The number of hydrogen-bond acceptors (Lipinski definition) is 5. The van der Waals surface area contributed by atoms with Crippen molar-refractivity contribution in [1.82, 2.24) is 4.90 Å². The summed E-state index contributed by atoms with van der Waals surface area (Å²) >= 11 is 0. The predicted octanol–water partition coefficient (Wildman–Crippen LogP) is 2.01. The maximum atomic E-state index is 11.7. The van der Waals surface area contributed by atoms with Crippen LogP contribution >= 0.6 is 0 Å². The van der Waals surface area contributed by atoms with Gasteiger partial charge in [-0.2, -0.15) is 0 Å². The number of piperidine rings is 1. The smallest absolute Gasteiger partial charge is 0.309 e. The van der Waals surface area contributed by atoms with E-state index in [9.17, 15) is 9.90 Å². The molecule has 5 nitrogen and oxygen atoms in total. The zero-order chi connectivity index (χ0) is 16.7. The Hall–Kier alpha value is -1.59. The minimum Gasteiger partial charge on any atom is -0.491 e. The van der Waals surface area contributed by atoms with Crippen molar-refractivity contribution in [3.63, 3.8) is 0 Å². The van der Waals surface area contributed by atoms with Gasteiger partial charge in [0.25, 0.3) is 0 Å². The number of β-amino-alcohol motifs (C(OH)–C–C–N with tert-alkyl or cyclic N) is 1. The average molecular weight is 321 g/mol. The Balaban J connectivity index is 1.68. The Morgan fingerprint density at radius 2 is 2.13 bits per heavy atom. The third-order valence-corrected chi connectivity index (χ3v) is 4.11. The van der Waals surface area contributed by atoms with Crippen molar-refractivity contribution in [2.24, 2.45) is 5.92 Å². The maximum absolute atomic E-state index is 11.7. The van der Waals surface area contributed by atoms with Gasteiger partial charge in [0.1, 0.15) is 18.5 Å². The summed E-state index contributed by atoms with van der Waals surface area (Å²) in [5.41, 5.74) is 1.14. The van der Waals surface area contributed by atoms with Gasteiger partial charge in [-0.1, -0.05) is 12.1 Å². The van der Waals surface area contributed by atoms with Crippen molar-refractivity contribution >= 4 is 5.97 Å². The zero-order valence-electron chi connectivity index (χ0n) is 14.0. The lowest BCUT2D eigenvalue weighted by Gasteiger charge is -2.32. The standard InChI is InChI=1S/C18H27NO4/c1-3-22-18(21)15-7-9-19(10-8-15)12-16(20)13-23-17-6-4-5-14(2)11-17/h4-6,11,15-16,20H,3,7-10,12-13H2,1-2H3/t16-/m1/s1. The first kappa shape index (κ1) is 17.8. The zero-order valence-corrected chi connectivity index (χ0v) is 14.0. The number of nitrogens with zero attached hydrogens (tertiary/aromatic N) is 1. The third-order valence-electron chi connectivity index (χ3n) is 4.11. The molecule has 0 aliphatic carbocycles. The van der Waals surface area contributed by atoms with Crippen molar-refractivity contribution in [1.29, 1.82) is 0 Å². The van der Waals surface area contributed by atoms with Gasteiger partial charge in [0.15, 0.2) is 0 Å². The maximum Gasteiger partial charge on any atom is 0.309 e. The second-order valence-electron chi connectivity index (χ2n) is 6.11.